The highest BCUT2D eigenvalue weighted by Gasteiger charge is 2.15. The fourth-order valence-electron chi connectivity index (χ4n) is 2.15. The predicted molar refractivity (Wildman–Crippen MR) is 71.6 cm³/mol. The zero-order valence-electron chi connectivity index (χ0n) is 10.9. The van der Waals surface area contributed by atoms with Crippen molar-refractivity contribution in [3.05, 3.63) is 47.6 Å². The van der Waals surface area contributed by atoms with E-state index in [0.29, 0.717) is 11.6 Å². The maximum atomic E-state index is 10.8. The van der Waals surface area contributed by atoms with E-state index in [4.69, 9.17) is 14.9 Å². The van der Waals surface area contributed by atoms with Gasteiger partial charge in [0.15, 0.2) is 11.5 Å². The molecule has 0 fully saturated rings. The van der Waals surface area contributed by atoms with E-state index in [0.717, 1.165) is 11.0 Å². The molecule has 2 heterocycles. The first-order valence-corrected chi connectivity index (χ1v) is 6.19. The predicted octanol–water partition coefficient (Wildman–Crippen LogP) is 1.84. The van der Waals surface area contributed by atoms with Crippen LogP contribution in [-0.2, 0) is 13.0 Å². The van der Waals surface area contributed by atoms with Crippen LogP contribution in [0.2, 0.25) is 0 Å². The highest BCUT2D eigenvalue weighted by Crippen LogP contribution is 2.18. The normalized spacial score (nSPS) is 10.6. The molecule has 0 unspecified atom stereocenters. The maximum Gasteiger partial charge on any atom is 0.358 e. The first-order valence-electron chi connectivity index (χ1n) is 6.19. The molecule has 2 aromatic heterocycles. The van der Waals surface area contributed by atoms with Gasteiger partial charge in [0.05, 0.1) is 30.1 Å². The summed E-state index contributed by atoms with van der Waals surface area (Å²) in [7, 11) is 0. The Morgan fingerprint density at radius 1 is 1.43 bits per heavy atom. The van der Waals surface area contributed by atoms with Crippen LogP contribution < -0.4 is 0 Å². The lowest BCUT2D eigenvalue weighted by atomic mass is 10.3. The summed E-state index contributed by atoms with van der Waals surface area (Å²) in [5, 5.41) is 21.2. The Morgan fingerprint density at radius 3 is 2.95 bits per heavy atom. The molecule has 0 atom stereocenters. The Kier molecular flexibility index (Phi) is 3.12. The number of carboxylic acids is 1. The van der Waals surface area contributed by atoms with Gasteiger partial charge in [0, 0.05) is 6.07 Å². The molecule has 7 heteroatoms. The lowest BCUT2D eigenvalue weighted by Gasteiger charge is -2.04. The lowest BCUT2D eigenvalue weighted by molar-refractivity contribution is 0.0685. The number of imidazole rings is 1. The van der Waals surface area contributed by atoms with E-state index in [9.17, 15) is 4.79 Å². The molecule has 0 aliphatic heterocycles. The Bertz CT molecular complexity index is 857. The van der Waals surface area contributed by atoms with E-state index < -0.39 is 5.97 Å². The molecule has 0 bridgehead atoms. The monoisotopic (exact) mass is 282 g/mol. The van der Waals surface area contributed by atoms with Gasteiger partial charge in [0.25, 0.3) is 0 Å². The minimum Gasteiger partial charge on any atom is -0.476 e. The molecule has 0 spiro atoms. The van der Waals surface area contributed by atoms with Crippen LogP contribution >= 0.6 is 0 Å². The molecule has 0 aliphatic carbocycles. The van der Waals surface area contributed by atoms with E-state index >= 15 is 0 Å². The smallest absolute Gasteiger partial charge is 0.358 e. The first-order chi connectivity index (χ1) is 10.2. The van der Waals surface area contributed by atoms with Crippen molar-refractivity contribution in [3.63, 3.8) is 0 Å². The minimum absolute atomic E-state index is 0.142. The third-order valence-corrected chi connectivity index (χ3v) is 3.06. The van der Waals surface area contributed by atoms with Gasteiger partial charge in [-0.15, -0.1) is 0 Å². The highest BCUT2D eigenvalue weighted by molar-refractivity contribution is 5.85. The summed E-state index contributed by atoms with van der Waals surface area (Å²) in [4.78, 5) is 15.2. The Hall–Kier alpha value is -3.14. The molecule has 1 aromatic carbocycles. The number of hydrogen-bond donors (Lipinski definition) is 1. The topological polar surface area (TPSA) is 105 Å². The Balaban J connectivity index is 2.03. The number of carboxylic acid groups (broad SMARTS) is 1. The van der Waals surface area contributed by atoms with E-state index in [1.165, 1.54) is 6.07 Å². The van der Waals surface area contributed by atoms with Gasteiger partial charge >= 0.3 is 5.97 Å². The van der Waals surface area contributed by atoms with Gasteiger partial charge < -0.3 is 14.2 Å². The molecular formula is C14H10N4O3. The summed E-state index contributed by atoms with van der Waals surface area (Å²) in [5.74, 6) is -0.139. The van der Waals surface area contributed by atoms with Crippen LogP contribution in [0.4, 0.5) is 0 Å². The van der Waals surface area contributed by atoms with E-state index in [2.05, 4.69) is 16.2 Å². The summed E-state index contributed by atoms with van der Waals surface area (Å²) in [6.45, 7) is 0.276. The molecule has 21 heavy (non-hydrogen) atoms. The number of hydrogen-bond acceptors (Lipinski definition) is 5. The third-order valence-electron chi connectivity index (χ3n) is 3.06. The second-order valence-corrected chi connectivity index (χ2v) is 4.42. The second kappa shape index (κ2) is 5.09. The molecule has 1 N–H and O–H groups in total. The Labute approximate surface area is 119 Å². The van der Waals surface area contributed by atoms with Crippen LogP contribution in [0.3, 0.4) is 0 Å². The molecule has 0 saturated heterocycles. The van der Waals surface area contributed by atoms with Crippen LogP contribution in [0.15, 0.2) is 34.9 Å². The van der Waals surface area contributed by atoms with Gasteiger partial charge in [-0.05, 0) is 12.1 Å². The number of aromatic nitrogens is 3. The quantitative estimate of drug-likeness (QED) is 0.782. The number of fused-ring (bicyclic) bond motifs is 1. The standard InChI is InChI=1S/C14H10N4O3/c15-6-5-13-16-10-3-1-2-4-12(10)18(13)8-9-7-11(14(19)20)17-21-9/h1-4,7H,5,8H2,(H,19,20). The molecule has 0 aliphatic rings. The van der Waals surface area contributed by atoms with Gasteiger partial charge in [-0.25, -0.2) is 9.78 Å². The van der Waals surface area contributed by atoms with Crippen molar-refractivity contribution in [2.24, 2.45) is 0 Å². The molecule has 0 radical (unpaired) electrons. The zero-order valence-corrected chi connectivity index (χ0v) is 10.9. The first kappa shape index (κ1) is 12.9. The molecule has 3 aromatic rings. The highest BCUT2D eigenvalue weighted by atomic mass is 16.5. The molecule has 0 amide bonds. The number of rotatable bonds is 4. The van der Waals surface area contributed by atoms with E-state index in [-0.39, 0.29) is 18.7 Å². The van der Waals surface area contributed by atoms with Crippen molar-refractivity contribution in [1.29, 1.82) is 5.26 Å². The third kappa shape index (κ3) is 2.34. The van der Waals surface area contributed by atoms with E-state index in [1.54, 1.807) is 0 Å². The summed E-state index contributed by atoms with van der Waals surface area (Å²) in [5.41, 5.74) is 1.49. The molecule has 7 nitrogen and oxygen atoms in total. The number of para-hydroxylation sites is 2. The maximum absolute atomic E-state index is 10.8. The number of aromatic carboxylic acids is 1. The molecule has 104 valence electrons. The van der Waals surface area contributed by atoms with Gasteiger partial charge in [0.2, 0.25) is 0 Å². The fourth-order valence-corrected chi connectivity index (χ4v) is 2.15. The largest absolute Gasteiger partial charge is 0.476 e. The average Bonchev–Trinajstić information content (AvgIpc) is 3.06. The zero-order chi connectivity index (χ0) is 14.8. The van der Waals surface area contributed by atoms with Gasteiger partial charge in [0.1, 0.15) is 5.82 Å². The summed E-state index contributed by atoms with van der Waals surface area (Å²) in [6.07, 6.45) is 0.161. The Morgan fingerprint density at radius 2 is 2.24 bits per heavy atom. The molecular weight excluding hydrogens is 272 g/mol. The molecule has 3 rings (SSSR count). The van der Waals surface area contributed by atoms with Crippen LogP contribution in [0.5, 0.6) is 0 Å². The lowest BCUT2D eigenvalue weighted by Crippen LogP contribution is -2.04. The van der Waals surface area contributed by atoms with Gasteiger partial charge in [-0.3, -0.25) is 0 Å². The van der Waals surface area contributed by atoms with E-state index in [1.807, 2.05) is 28.8 Å². The SMILES string of the molecule is N#CCc1nc2ccccc2n1Cc1cc(C(=O)O)no1. The van der Waals surface area contributed by atoms with Crippen molar-refractivity contribution in [3.8, 4) is 6.07 Å². The van der Waals surface area contributed by atoms with Crippen LogP contribution in [0.25, 0.3) is 11.0 Å². The summed E-state index contributed by atoms with van der Waals surface area (Å²) >= 11 is 0. The fraction of sp³-hybridized carbons (Fsp3) is 0.143. The summed E-state index contributed by atoms with van der Waals surface area (Å²) < 4.78 is 6.84. The van der Waals surface area contributed by atoms with Crippen LogP contribution in [-0.4, -0.2) is 25.8 Å². The summed E-state index contributed by atoms with van der Waals surface area (Å²) in [6, 6.07) is 10.9. The van der Waals surface area contributed by atoms with Crippen molar-refractivity contribution >= 4 is 17.0 Å². The van der Waals surface area contributed by atoms with Crippen molar-refractivity contribution in [1.82, 2.24) is 14.7 Å². The number of nitriles is 1. The average molecular weight is 282 g/mol. The number of carbonyl (C=O) groups is 1. The minimum atomic E-state index is -1.14. The van der Waals surface area contributed by atoms with Crippen molar-refractivity contribution in [2.75, 3.05) is 0 Å². The van der Waals surface area contributed by atoms with Crippen molar-refractivity contribution in [2.45, 2.75) is 13.0 Å². The van der Waals surface area contributed by atoms with Gasteiger partial charge in [-0.1, -0.05) is 17.3 Å². The second-order valence-electron chi connectivity index (χ2n) is 4.42. The number of benzene rings is 1. The molecule has 0 saturated carbocycles. The van der Waals surface area contributed by atoms with Gasteiger partial charge in [-0.2, -0.15) is 5.26 Å². The number of nitrogens with zero attached hydrogens (tertiary/aromatic N) is 4. The van der Waals surface area contributed by atoms with Crippen molar-refractivity contribution < 1.29 is 14.4 Å². The van der Waals surface area contributed by atoms with Crippen LogP contribution in [0, 0.1) is 11.3 Å². The van der Waals surface area contributed by atoms with Crippen LogP contribution in [0.1, 0.15) is 22.1 Å².